The van der Waals surface area contributed by atoms with Crippen molar-refractivity contribution < 1.29 is 0 Å². The number of hydrogen-bond acceptors (Lipinski definition) is 4. The summed E-state index contributed by atoms with van der Waals surface area (Å²) < 4.78 is 0. The normalized spacial score (nSPS) is 10.9. The first kappa shape index (κ1) is 15.8. The van der Waals surface area contributed by atoms with Gasteiger partial charge in [-0.15, -0.1) is 0 Å². The van der Waals surface area contributed by atoms with Crippen LogP contribution in [-0.4, -0.2) is 11.5 Å². The van der Waals surface area contributed by atoms with Crippen LogP contribution in [0.5, 0.6) is 0 Å². The topological polar surface area (TPSA) is 98.0 Å². The zero-order chi connectivity index (χ0) is 16.1. The Bertz CT molecular complexity index is 793. The largest absolute Gasteiger partial charge is 0.382 e. The molecule has 0 aliphatic carbocycles. The van der Waals surface area contributed by atoms with Gasteiger partial charge in [-0.2, -0.15) is 10.4 Å². The molecule has 2 aromatic rings. The number of halogens is 2. The van der Waals surface area contributed by atoms with E-state index < -0.39 is 5.84 Å². The first-order chi connectivity index (χ1) is 10.5. The van der Waals surface area contributed by atoms with Gasteiger partial charge >= 0.3 is 0 Å². The van der Waals surface area contributed by atoms with Crippen LogP contribution in [0.15, 0.2) is 47.6 Å². The third-order valence-corrected chi connectivity index (χ3v) is 3.51. The van der Waals surface area contributed by atoms with E-state index in [1.165, 1.54) is 0 Å². The van der Waals surface area contributed by atoms with Crippen LogP contribution in [0.25, 0.3) is 11.1 Å². The summed E-state index contributed by atoms with van der Waals surface area (Å²) in [4.78, 5) is 0. The summed E-state index contributed by atoms with van der Waals surface area (Å²) in [6, 6.07) is 14.4. The Labute approximate surface area is 137 Å². The second kappa shape index (κ2) is 6.94. The Hall–Kier alpha value is -2.55. The maximum Gasteiger partial charge on any atom is 0.201 e. The molecule has 0 saturated heterocycles. The number of anilines is 1. The summed E-state index contributed by atoms with van der Waals surface area (Å²) in [5.74, 6) is -0.393. The van der Waals surface area contributed by atoms with Crippen LogP contribution in [0.1, 0.15) is 0 Å². The highest BCUT2D eigenvalue weighted by Crippen LogP contribution is 2.29. The van der Waals surface area contributed by atoms with Crippen LogP contribution in [0, 0.1) is 16.7 Å². The number of rotatable bonds is 4. The maximum atomic E-state index is 8.79. The van der Waals surface area contributed by atoms with Gasteiger partial charge in [0.1, 0.15) is 6.07 Å². The Balaban J connectivity index is 2.29. The van der Waals surface area contributed by atoms with Crippen molar-refractivity contribution in [1.82, 2.24) is 0 Å². The number of nitrogens with two attached hydrogens (primary N) is 1. The number of amidine groups is 1. The van der Waals surface area contributed by atoms with Gasteiger partial charge in [-0.05, 0) is 35.4 Å². The monoisotopic (exact) mass is 331 g/mol. The number of hydrogen-bond donors (Lipinski definition) is 3. The van der Waals surface area contributed by atoms with Crippen molar-refractivity contribution >= 4 is 40.4 Å². The van der Waals surface area contributed by atoms with Crippen LogP contribution >= 0.6 is 23.2 Å². The summed E-state index contributed by atoms with van der Waals surface area (Å²) in [7, 11) is 0. The minimum atomic E-state index is -0.393. The fourth-order valence-corrected chi connectivity index (χ4v) is 2.01. The lowest BCUT2D eigenvalue weighted by Crippen LogP contribution is -2.21. The van der Waals surface area contributed by atoms with Gasteiger partial charge in [0, 0.05) is 0 Å². The molecule has 0 atom stereocenters. The fourth-order valence-electron chi connectivity index (χ4n) is 1.71. The molecule has 7 heteroatoms. The first-order valence-corrected chi connectivity index (χ1v) is 6.90. The molecule has 2 aromatic carbocycles. The zero-order valence-corrected chi connectivity index (χ0v) is 12.8. The Morgan fingerprint density at radius 3 is 2.50 bits per heavy atom. The van der Waals surface area contributed by atoms with E-state index in [1.54, 1.807) is 24.3 Å². The minimum Gasteiger partial charge on any atom is -0.382 e. The van der Waals surface area contributed by atoms with Gasteiger partial charge in [-0.3, -0.25) is 10.8 Å². The summed E-state index contributed by atoms with van der Waals surface area (Å²) in [5, 5.41) is 20.7. The molecule has 0 radical (unpaired) electrons. The van der Waals surface area contributed by atoms with Crippen LogP contribution < -0.4 is 11.2 Å². The van der Waals surface area contributed by atoms with E-state index in [0.717, 1.165) is 11.1 Å². The third-order valence-electron chi connectivity index (χ3n) is 2.77. The summed E-state index contributed by atoms with van der Waals surface area (Å²) >= 11 is 11.9. The minimum absolute atomic E-state index is 0.181. The molecule has 0 aliphatic heterocycles. The third kappa shape index (κ3) is 3.76. The molecule has 0 amide bonds. The summed E-state index contributed by atoms with van der Waals surface area (Å²) in [6.07, 6.45) is 0. The molecular formula is C15H11Cl2N5. The van der Waals surface area contributed by atoms with Gasteiger partial charge in [0.15, 0.2) is 5.84 Å². The molecule has 4 N–H and O–H groups in total. The van der Waals surface area contributed by atoms with Gasteiger partial charge < -0.3 is 5.73 Å². The van der Waals surface area contributed by atoms with E-state index in [0.29, 0.717) is 15.7 Å². The van der Waals surface area contributed by atoms with Crippen molar-refractivity contribution in [3.63, 3.8) is 0 Å². The van der Waals surface area contributed by atoms with Crippen molar-refractivity contribution in [3.8, 4) is 17.2 Å². The van der Waals surface area contributed by atoms with Gasteiger partial charge in [-0.25, -0.2) is 0 Å². The predicted molar refractivity (Wildman–Crippen MR) is 90.5 cm³/mol. The second-order valence-corrected chi connectivity index (χ2v) is 5.12. The molecule has 0 saturated carbocycles. The van der Waals surface area contributed by atoms with Crippen molar-refractivity contribution in [2.24, 2.45) is 10.8 Å². The van der Waals surface area contributed by atoms with E-state index in [-0.39, 0.29) is 5.71 Å². The molecule has 0 spiro atoms. The highest BCUT2D eigenvalue weighted by atomic mass is 35.5. The molecule has 0 bridgehead atoms. The number of hydrazone groups is 1. The predicted octanol–water partition coefficient (Wildman–Crippen LogP) is 3.89. The first-order valence-electron chi connectivity index (χ1n) is 6.15. The molecule has 5 nitrogen and oxygen atoms in total. The van der Waals surface area contributed by atoms with E-state index >= 15 is 0 Å². The number of nitrogens with zero attached hydrogens (tertiary/aromatic N) is 2. The van der Waals surface area contributed by atoms with E-state index in [1.807, 2.05) is 24.3 Å². The van der Waals surface area contributed by atoms with Crippen LogP contribution in [-0.2, 0) is 0 Å². The van der Waals surface area contributed by atoms with E-state index in [4.69, 9.17) is 39.6 Å². The van der Waals surface area contributed by atoms with Crippen molar-refractivity contribution in [2.45, 2.75) is 0 Å². The Morgan fingerprint density at radius 2 is 1.86 bits per heavy atom. The average Bonchev–Trinajstić information content (AvgIpc) is 2.50. The lowest BCUT2D eigenvalue weighted by molar-refractivity contribution is 1.33. The molecule has 0 fully saturated rings. The van der Waals surface area contributed by atoms with Gasteiger partial charge in [0.05, 0.1) is 15.7 Å². The number of nitriles is 1. The fraction of sp³-hybridized carbons (Fsp3) is 0. The average molecular weight is 332 g/mol. The van der Waals surface area contributed by atoms with Crippen LogP contribution in [0.4, 0.5) is 5.69 Å². The number of benzene rings is 2. The van der Waals surface area contributed by atoms with Crippen molar-refractivity contribution in [1.29, 1.82) is 10.7 Å². The second-order valence-electron chi connectivity index (χ2n) is 4.31. The van der Waals surface area contributed by atoms with Crippen molar-refractivity contribution in [3.05, 3.63) is 52.5 Å². The summed E-state index contributed by atoms with van der Waals surface area (Å²) in [6.45, 7) is 0. The number of nitrogens with one attached hydrogen (secondary N) is 2. The molecule has 0 heterocycles. The highest BCUT2D eigenvalue weighted by Gasteiger charge is 2.04. The van der Waals surface area contributed by atoms with E-state index in [9.17, 15) is 0 Å². The smallest absolute Gasteiger partial charge is 0.201 e. The molecule has 0 aromatic heterocycles. The molecule has 2 rings (SSSR count). The van der Waals surface area contributed by atoms with E-state index in [2.05, 4.69) is 10.5 Å². The Kier molecular flexibility index (Phi) is 4.99. The lowest BCUT2D eigenvalue weighted by Gasteiger charge is -2.06. The van der Waals surface area contributed by atoms with Gasteiger partial charge in [-0.1, -0.05) is 41.4 Å². The zero-order valence-electron chi connectivity index (χ0n) is 11.3. The molecular weight excluding hydrogens is 321 g/mol. The standard InChI is InChI=1S/C15H11Cl2N5/c16-12-5-4-10(7-13(12)17)9-2-1-3-11(6-9)21-22-14(8-18)15(19)20/h1-7,21H,(H3,19,20)/b22-14+. The summed E-state index contributed by atoms with van der Waals surface area (Å²) in [5.41, 5.74) is 10.2. The molecule has 0 aliphatic rings. The van der Waals surface area contributed by atoms with Gasteiger partial charge in [0.25, 0.3) is 0 Å². The lowest BCUT2D eigenvalue weighted by atomic mass is 10.1. The van der Waals surface area contributed by atoms with Gasteiger partial charge in [0.2, 0.25) is 5.71 Å². The highest BCUT2D eigenvalue weighted by molar-refractivity contribution is 6.45. The molecule has 110 valence electrons. The van der Waals surface area contributed by atoms with Crippen molar-refractivity contribution in [2.75, 3.05) is 5.43 Å². The quantitative estimate of drug-likeness (QED) is 0.450. The van der Waals surface area contributed by atoms with Crippen LogP contribution in [0.3, 0.4) is 0 Å². The SMILES string of the molecule is N#C/C(=N\Nc1cccc(-c2ccc(Cl)c(Cl)c2)c1)C(=N)N. The maximum absolute atomic E-state index is 8.79. The van der Waals surface area contributed by atoms with Crippen LogP contribution in [0.2, 0.25) is 10.0 Å². The Morgan fingerprint density at radius 1 is 1.14 bits per heavy atom. The molecule has 22 heavy (non-hydrogen) atoms. The molecule has 0 unspecified atom stereocenters.